The minimum absolute atomic E-state index is 0.0228. The van der Waals surface area contributed by atoms with Gasteiger partial charge < -0.3 is 14.7 Å². The summed E-state index contributed by atoms with van der Waals surface area (Å²) in [4.78, 5) is 15.0. The molecule has 2 fully saturated rings. The monoisotopic (exact) mass is 337 g/mol. The average molecular weight is 338 g/mol. The lowest BCUT2D eigenvalue weighted by Crippen LogP contribution is -2.53. The Morgan fingerprint density at radius 2 is 2.09 bits per heavy atom. The van der Waals surface area contributed by atoms with Crippen molar-refractivity contribution < 1.29 is 14.6 Å². The van der Waals surface area contributed by atoms with Gasteiger partial charge in [-0.1, -0.05) is 18.0 Å². The summed E-state index contributed by atoms with van der Waals surface area (Å²) in [7, 11) is 0. The van der Waals surface area contributed by atoms with Crippen molar-refractivity contribution in [1.82, 2.24) is 4.90 Å². The molecule has 1 amide bonds. The molecule has 4 nitrogen and oxygen atoms in total. The summed E-state index contributed by atoms with van der Waals surface area (Å²) in [5.74, 6) is 0.141. The van der Waals surface area contributed by atoms with E-state index in [-0.39, 0.29) is 24.0 Å². The second kappa shape index (κ2) is 6.80. The Hall–Kier alpha value is -1.10. The van der Waals surface area contributed by atoms with Gasteiger partial charge in [-0.2, -0.15) is 0 Å². The van der Waals surface area contributed by atoms with Crippen molar-refractivity contribution in [2.75, 3.05) is 19.8 Å². The number of hydrogen-bond acceptors (Lipinski definition) is 3. The van der Waals surface area contributed by atoms with E-state index in [4.69, 9.17) is 16.3 Å². The van der Waals surface area contributed by atoms with Gasteiger partial charge in [0, 0.05) is 23.0 Å². The van der Waals surface area contributed by atoms with Crippen molar-refractivity contribution in [3.63, 3.8) is 0 Å². The van der Waals surface area contributed by atoms with Crippen molar-refractivity contribution in [2.45, 2.75) is 45.3 Å². The highest BCUT2D eigenvalue weighted by Gasteiger charge is 2.39. The number of ether oxygens (including phenoxy) is 1. The van der Waals surface area contributed by atoms with Crippen LogP contribution in [-0.4, -0.2) is 47.8 Å². The molecule has 0 unspecified atom stereocenters. The Bertz CT molecular complexity index is 604. The molecule has 0 aromatic heterocycles. The van der Waals surface area contributed by atoms with Gasteiger partial charge in [0.1, 0.15) is 0 Å². The molecule has 2 aliphatic rings. The minimum Gasteiger partial charge on any atom is -0.393 e. The van der Waals surface area contributed by atoms with Crippen LogP contribution in [0.15, 0.2) is 12.1 Å². The number of aliphatic hydroxyl groups is 1. The van der Waals surface area contributed by atoms with Gasteiger partial charge >= 0.3 is 0 Å². The van der Waals surface area contributed by atoms with Crippen molar-refractivity contribution in [3.05, 3.63) is 33.8 Å². The van der Waals surface area contributed by atoms with Crippen molar-refractivity contribution in [2.24, 2.45) is 5.92 Å². The molecule has 3 rings (SSSR count). The molecule has 1 saturated carbocycles. The molecule has 0 bridgehead atoms. The summed E-state index contributed by atoms with van der Waals surface area (Å²) in [6.45, 7) is 5.47. The van der Waals surface area contributed by atoms with Gasteiger partial charge in [-0.25, -0.2) is 0 Å². The second-order valence-corrected chi connectivity index (χ2v) is 7.13. The van der Waals surface area contributed by atoms with Crippen LogP contribution in [0.4, 0.5) is 0 Å². The van der Waals surface area contributed by atoms with Crippen LogP contribution in [0.1, 0.15) is 40.7 Å². The first-order valence-corrected chi connectivity index (χ1v) is 8.70. The molecule has 0 spiro atoms. The molecule has 1 aliphatic carbocycles. The minimum atomic E-state index is -0.329. The van der Waals surface area contributed by atoms with Gasteiger partial charge in [-0.3, -0.25) is 4.79 Å². The predicted octanol–water partition coefficient (Wildman–Crippen LogP) is 2.96. The maximum absolute atomic E-state index is 13.1. The maximum Gasteiger partial charge on any atom is 0.254 e. The number of aliphatic hydroxyl groups excluding tert-OH is 1. The number of carbonyl (C=O) groups excluding carboxylic acids is 1. The second-order valence-electron chi connectivity index (χ2n) is 6.72. The third-order valence-corrected chi connectivity index (χ3v) is 5.60. The summed E-state index contributed by atoms with van der Waals surface area (Å²) in [5, 5.41) is 10.9. The lowest BCUT2D eigenvalue weighted by atomic mass is 9.93. The average Bonchev–Trinajstić information content (AvgIpc) is 2.96. The van der Waals surface area contributed by atoms with E-state index in [0.717, 1.165) is 30.4 Å². The summed E-state index contributed by atoms with van der Waals surface area (Å²) >= 11 is 6.15. The molecule has 0 radical (unpaired) electrons. The van der Waals surface area contributed by atoms with E-state index in [9.17, 15) is 9.90 Å². The summed E-state index contributed by atoms with van der Waals surface area (Å²) in [6.07, 6.45) is 2.47. The van der Waals surface area contributed by atoms with Gasteiger partial charge in [-0.05, 0) is 49.9 Å². The maximum atomic E-state index is 13.1. The van der Waals surface area contributed by atoms with Crippen LogP contribution in [0.2, 0.25) is 5.02 Å². The number of amides is 1. The van der Waals surface area contributed by atoms with Crippen LogP contribution in [-0.2, 0) is 4.74 Å². The number of halogens is 1. The SMILES string of the molecule is Cc1cc(C(=O)N2CCOC[C@@H]2[C@@H]2CCC[C@@H]2O)c(C)cc1Cl. The zero-order valence-corrected chi connectivity index (χ0v) is 14.5. The van der Waals surface area contributed by atoms with E-state index >= 15 is 0 Å². The van der Waals surface area contributed by atoms with Crippen LogP contribution in [0.5, 0.6) is 0 Å². The van der Waals surface area contributed by atoms with E-state index in [1.165, 1.54) is 0 Å². The van der Waals surface area contributed by atoms with Crippen LogP contribution in [0.25, 0.3) is 0 Å². The topological polar surface area (TPSA) is 49.8 Å². The smallest absolute Gasteiger partial charge is 0.254 e. The zero-order chi connectivity index (χ0) is 16.6. The van der Waals surface area contributed by atoms with Gasteiger partial charge in [0.05, 0.1) is 25.4 Å². The predicted molar refractivity (Wildman–Crippen MR) is 89.9 cm³/mol. The summed E-state index contributed by atoms with van der Waals surface area (Å²) < 4.78 is 5.61. The van der Waals surface area contributed by atoms with Gasteiger partial charge in [0.25, 0.3) is 5.91 Å². The molecule has 1 aromatic carbocycles. The van der Waals surface area contributed by atoms with E-state index in [2.05, 4.69) is 0 Å². The highest BCUT2D eigenvalue weighted by atomic mass is 35.5. The number of hydrogen-bond donors (Lipinski definition) is 1. The van der Waals surface area contributed by atoms with Gasteiger partial charge in [0.2, 0.25) is 0 Å². The van der Waals surface area contributed by atoms with Crippen molar-refractivity contribution >= 4 is 17.5 Å². The number of carbonyl (C=O) groups is 1. The number of aryl methyl sites for hydroxylation is 2. The summed E-state index contributed by atoms with van der Waals surface area (Å²) in [6, 6.07) is 3.69. The van der Waals surface area contributed by atoms with Crippen LogP contribution >= 0.6 is 11.6 Å². The molecule has 1 N–H and O–H groups in total. The first-order valence-electron chi connectivity index (χ1n) is 8.32. The van der Waals surface area contributed by atoms with E-state index < -0.39 is 0 Å². The Morgan fingerprint density at radius 1 is 1.30 bits per heavy atom. The van der Waals surface area contributed by atoms with Crippen molar-refractivity contribution in [1.29, 1.82) is 0 Å². The summed E-state index contributed by atoms with van der Waals surface area (Å²) in [5.41, 5.74) is 2.50. The molecule has 1 saturated heterocycles. The van der Waals surface area contributed by atoms with Gasteiger partial charge in [0.15, 0.2) is 0 Å². The molecular weight excluding hydrogens is 314 g/mol. The molecule has 1 aliphatic heterocycles. The molecule has 3 atom stereocenters. The first-order chi connectivity index (χ1) is 11.0. The Morgan fingerprint density at radius 3 is 2.78 bits per heavy atom. The number of benzene rings is 1. The quantitative estimate of drug-likeness (QED) is 0.902. The lowest BCUT2D eigenvalue weighted by Gasteiger charge is -2.40. The molecule has 1 aromatic rings. The Labute approximate surface area is 142 Å². The Balaban J connectivity index is 1.88. The van der Waals surface area contributed by atoms with Crippen molar-refractivity contribution in [3.8, 4) is 0 Å². The van der Waals surface area contributed by atoms with Crippen LogP contribution < -0.4 is 0 Å². The van der Waals surface area contributed by atoms with Crippen LogP contribution in [0, 0.1) is 19.8 Å². The molecular formula is C18H24ClNO3. The highest BCUT2D eigenvalue weighted by molar-refractivity contribution is 6.31. The fraction of sp³-hybridized carbons (Fsp3) is 0.611. The molecule has 5 heteroatoms. The fourth-order valence-corrected chi connectivity index (χ4v) is 4.03. The van der Waals surface area contributed by atoms with E-state index in [0.29, 0.717) is 30.3 Å². The third kappa shape index (κ3) is 3.25. The molecule has 23 heavy (non-hydrogen) atoms. The number of morpholine rings is 1. The number of nitrogens with zero attached hydrogens (tertiary/aromatic N) is 1. The van der Waals surface area contributed by atoms with Crippen LogP contribution in [0.3, 0.4) is 0 Å². The van der Waals surface area contributed by atoms with Gasteiger partial charge in [-0.15, -0.1) is 0 Å². The largest absolute Gasteiger partial charge is 0.393 e. The van der Waals surface area contributed by atoms with E-state index in [1.54, 1.807) is 0 Å². The lowest BCUT2D eigenvalue weighted by molar-refractivity contribution is -0.0383. The molecule has 126 valence electrons. The molecule has 1 heterocycles. The Kier molecular flexibility index (Phi) is 4.95. The number of rotatable bonds is 2. The third-order valence-electron chi connectivity index (χ3n) is 5.19. The van der Waals surface area contributed by atoms with E-state index in [1.807, 2.05) is 30.9 Å². The highest BCUT2D eigenvalue weighted by Crippen LogP contribution is 2.33. The fourth-order valence-electron chi connectivity index (χ4n) is 3.81. The zero-order valence-electron chi connectivity index (χ0n) is 13.7. The normalized spacial score (nSPS) is 28.2. The standard InChI is InChI=1S/C18H24ClNO3/c1-11-9-15(19)12(2)8-14(11)18(22)20-6-7-23-10-16(20)13-4-3-5-17(13)21/h8-9,13,16-17,21H,3-7,10H2,1-2H3/t13-,16+,17-/m0/s1. The first kappa shape index (κ1) is 16.7.